The van der Waals surface area contributed by atoms with Crippen LogP contribution in [0.2, 0.25) is 0 Å². The Morgan fingerprint density at radius 2 is 1.80 bits per heavy atom. The van der Waals surface area contributed by atoms with Gasteiger partial charge in [-0.25, -0.2) is 0 Å². The van der Waals surface area contributed by atoms with E-state index in [1.54, 1.807) is 32.8 Å². The lowest BCUT2D eigenvalue weighted by Gasteiger charge is -2.23. The minimum atomic E-state index is -0.362. The smallest absolute Gasteiger partial charge is 0.239 e. The van der Waals surface area contributed by atoms with Crippen molar-refractivity contribution in [3.63, 3.8) is 0 Å². The molecular weight excluding hydrogens is 194 g/mol. The molecule has 0 saturated carbocycles. The standard InChI is InChI=1S/C10H21N3O2/c1-6-13(5)10(15)8(3)12-7(2)9(14)11-4/h7-8,12H,6H2,1-5H3,(H,11,14). The van der Waals surface area contributed by atoms with Crippen LogP contribution in [0.15, 0.2) is 0 Å². The lowest BCUT2D eigenvalue weighted by molar-refractivity contribution is -0.132. The average molecular weight is 215 g/mol. The maximum atomic E-state index is 11.7. The van der Waals surface area contributed by atoms with E-state index in [0.717, 1.165) is 0 Å². The molecule has 0 bridgehead atoms. The first-order chi connectivity index (χ1) is 6.93. The molecule has 0 heterocycles. The summed E-state index contributed by atoms with van der Waals surface area (Å²) in [5.41, 5.74) is 0. The Hall–Kier alpha value is -1.10. The number of likely N-dealkylation sites (N-methyl/N-ethyl adjacent to an activating group) is 2. The molecule has 0 aromatic rings. The van der Waals surface area contributed by atoms with Crippen LogP contribution in [0.5, 0.6) is 0 Å². The highest BCUT2D eigenvalue weighted by molar-refractivity contribution is 5.84. The van der Waals surface area contributed by atoms with Crippen LogP contribution < -0.4 is 10.6 Å². The van der Waals surface area contributed by atoms with Crippen LogP contribution in [0.25, 0.3) is 0 Å². The fourth-order valence-electron chi connectivity index (χ4n) is 1.22. The fourth-order valence-corrected chi connectivity index (χ4v) is 1.22. The first kappa shape index (κ1) is 13.9. The van der Waals surface area contributed by atoms with E-state index in [2.05, 4.69) is 10.6 Å². The van der Waals surface area contributed by atoms with E-state index in [4.69, 9.17) is 0 Å². The lowest BCUT2D eigenvalue weighted by Crippen LogP contribution is -2.50. The molecule has 15 heavy (non-hydrogen) atoms. The van der Waals surface area contributed by atoms with E-state index in [1.165, 1.54) is 0 Å². The van der Waals surface area contributed by atoms with E-state index < -0.39 is 0 Å². The van der Waals surface area contributed by atoms with Gasteiger partial charge in [-0.3, -0.25) is 14.9 Å². The molecular formula is C10H21N3O2. The molecule has 0 fully saturated rings. The second-order valence-corrected chi connectivity index (χ2v) is 3.58. The summed E-state index contributed by atoms with van der Waals surface area (Å²) < 4.78 is 0. The monoisotopic (exact) mass is 215 g/mol. The van der Waals surface area contributed by atoms with Crippen molar-refractivity contribution in [1.29, 1.82) is 0 Å². The van der Waals surface area contributed by atoms with Crippen LogP contribution in [0.4, 0.5) is 0 Å². The molecule has 0 spiro atoms. The molecule has 0 aromatic carbocycles. The van der Waals surface area contributed by atoms with E-state index in [1.807, 2.05) is 6.92 Å². The number of hydrogen-bond donors (Lipinski definition) is 2. The van der Waals surface area contributed by atoms with Gasteiger partial charge in [-0.2, -0.15) is 0 Å². The molecule has 0 aliphatic carbocycles. The van der Waals surface area contributed by atoms with E-state index in [9.17, 15) is 9.59 Å². The van der Waals surface area contributed by atoms with E-state index in [-0.39, 0.29) is 23.9 Å². The molecule has 2 N–H and O–H groups in total. The Balaban J connectivity index is 4.18. The fraction of sp³-hybridized carbons (Fsp3) is 0.800. The number of nitrogens with one attached hydrogen (secondary N) is 2. The second-order valence-electron chi connectivity index (χ2n) is 3.58. The van der Waals surface area contributed by atoms with Gasteiger partial charge in [-0.1, -0.05) is 0 Å². The van der Waals surface area contributed by atoms with Gasteiger partial charge in [-0.05, 0) is 20.8 Å². The summed E-state index contributed by atoms with van der Waals surface area (Å²) in [4.78, 5) is 24.5. The van der Waals surface area contributed by atoms with Crippen molar-refractivity contribution in [3.05, 3.63) is 0 Å². The molecule has 2 unspecified atom stereocenters. The Labute approximate surface area is 91.2 Å². The summed E-state index contributed by atoms with van der Waals surface area (Å²) >= 11 is 0. The summed E-state index contributed by atoms with van der Waals surface area (Å²) in [5.74, 6) is -0.123. The lowest BCUT2D eigenvalue weighted by atomic mass is 10.2. The van der Waals surface area contributed by atoms with Crippen LogP contribution in [-0.4, -0.2) is 49.4 Å². The average Bonchev–Trinajstić information content (AvgIpc) is 2.25. The first-order valence-corrected chi connectivity index (χ1v) is 5.16. The number of amides is 2. The van der Waals surface area contributed by atoms with Crippen molar-refractivity contribution in [1.82, 2.24) is 15.5 Å². The third-order valence-corrected chi connectivity index (χ3v) is 2.36. The van der Waals surface area contributed by atoms with Gasteiger partial charge >= 0.3 is 0 Å². The molecule has 5 nitrogen and oxygen atoms in total. The van der Waals surface area contributed by atoms with Crippen molar-refractivity contribution in [2.75, 3.05) is 20.6 Å². The van der Waals surface area contributed by atoms with Crippen LogP contribution >= 0.6 is 0 Å². The largest absolute Gasteiger partial charge is 0.358 e. The molecule has 0 saturated heterocycles. The Kier molecular flexibility index (Phi) is 5.93. The van der Waals surface area contributed by atoms with Gasteiger partial charge in [0, 0.05) is 20.6 Å². The minimum absolute atomic E-state index is 0.00625. The zero-order valence-electron chi connectivity index (χ0n) is 10.1. The Bertz CT molecular complexity index is 231. The van der Waals surface area contributed by atoms with Gasteiger partial charge in [0.15, 0.2) is 0 Å². The number of hydrogen-bond acceptors (Lipinski definition) is 3. The number of carbonyl (C=O) groups excluding carboxylic acids is 2. The van der Waals surface area contributed by atoms with Crippen LogP contribution in [0.3, 0.4) is 0 Å². The summed E-state index contributed by atoms with van der Waals surface area (Å²) in [6, 6.07) is -0.707. The molecule has 0 aliphatic rings. The van der Waals surface area contributed by atoms with Gasteiger partial charge in [-0.15, -0.1) is 0 Å². The predicted octanol–water partition coefficient (Wildman–Crippen LogP) is -0.423. The third kappa shape index (κ3) is 4.29. The molecule has 0 rings (SSSR count). The van der Waals surface area contributed by atoms with E-state index >= 15 is 0 Å². The third-order valence-electron chi connectivity index (χ3n) is 2.36. The molecule has 0 aliphatic heterocycles. The molecule has 2 atom stereocenters. The van der Waals surface area contributed by atoms with E-state index in [0.29, 0.717) is 6.54 Å². The summed E-state index contributed by atoms with van der Waals surface area (Å²) in [6.07, 6.45) is 0. The number of carbonyl (C=O) groups is 2. The maximum Gasteiger partial charge on any atom is 0.239 e. The van der Waals surface area contributed by atoms with Gasteiger partial charge in [0.2, 0.25) is 11.8 Å². The zero-order chi connectivity index (χ0) is 12.0. The Morgan fingerprint density at radius 3 is 2.20 bits per heavy atom. The van der Waals surface area contributed by atoms with Crippen molar-refractivity contribution < 1.29 is 9.59 Å². The summed E-state index contributed by atoms with van der Waals surface area (Å²) in [6.45, 7) is 6.06. The highest BCUT2D eigenvalue weighted by Crippen LogP contribution is 1.94. The van der Waals surface area contributed by atoms with Crippen molar-refractivity contribution in [3.8, 4) is 0 Å². The topological polar surface area (TPSA) is 61.4 Å². The van der Waals surface area contributed by atoms with Gasteiger partial charge in [0.1, 0.15) is 0 Å². The zero-order valence-corrected chi connectivity index (χ0v) is 10.1. The maximum absolute atomic E-state index is 11.7. The van der Waals surface area contributed by atoms with Gasteiger partial charge in [0.05, 0.1) is 12.1 Å². The highest BCUT2D eigenvalue weighted by Gasteiger charge is 2.20. The molecule has 5 heteroatoms. The number of nitrogens with zero attached hydrogens (tertiary/aromatic N) is 1. The Morgan fingerprint density at radius 1 is 1.27 bits per heavy atom. The van der Waals surface area contributed by atoms with Crippen molar-refractivity contribution >= 4 is 11.8 Å². The number of rotatable bonds is 5. The summed E-state index contributed by atoms with van der Waals surface area (Å²) in [7, 11) is 3.32. The highest BCUT2D eigenvalue weighted by atomic mass is 16.2. The normalized spacial score (nSPS) is 14.2. The van der Waals surface area contributed by atoms with Crippen LogP contribution in [0, 0.1) is 0 Å². The summed E-state index contributed by atoms with van der Waals surface area (Å²) in [5, 5.41) is 5.47. The van der Waals surface area contributed by atoms with Crippen molar-refractivity contribution in [2.45, 2.75) is 32.9 Å². The second kappa shape index (κ2) is 6.40. The molecule has 2 amide bonds. The quantitative estimate of drug-likeness (QED) is 0.654. The van der Waals surface area contributed by atoms with Crippen LogP contribution in [-0.2, 0) is 9.59 Å². The molecule has 88 valence electrons. The molecule has 0 aromatic heterocycles. The van der Waals surface area contributed by atoms with Gasteiger partial charge < -0.3 is 10.2 Å². The SMILES string of the molecule is CCN(C)C(=O)C(C)NC(C)C(=O)NC. The van der Waals surface area contributed by atoms with Crippen LogP contribution in [0.1, 0.15) is 20.8 Å². The predicted molar refractivity (Wildman–Crippen MR) is 59.4 cm³/mol. The first-order valence-electron chi connectivity index (χ1n) is 5.16. The van der Waals surface area contributed by atoms with Gasteiger partial charge in [0.25, 0.3) is 0 Å². The minimum Gasteiger partial charge on any atom is -0.358 e. The van der Waals surface area contributed by atoms with Crippen molar-refractivity contribution in [2.24, 2.45) is 0 Å². The molecule has 0 radical (unpaired) electrons.